The number of methoxy groups -OCH3 is 2. The standard InChI is InChI=1S/C24H36O7/c1-17(25)20-18(30-15-9-13-23(2,3)21(26)28-6)11-8-12-19(20)31-16-10-14-24(4,5)22(27)29-7/h8,11-12H,9-10,13-16H2,1-7H3. The van der Waals surface area contributed by atoms with Crippen LogP contribution in [0.4, 0.5) is 0 Å². The van der Waals surface area contributed by atoms with E-state index in [0.29, 0.717) is 56.0 Å². The van der Waals surface area contributed by atoms with Gasteiger partial charge in [-0.05, 0) is 72.4 Å². The largest absolute Gasteiger partial charge is 0.493 e. The van der Waals surface area contributed by atoms with Crippen molar-refractivity contribution in [3.05, 3.63) is 23.8 Å². The molecule has 1 aromatic carbocycles. The van der Waals surface area contributed by atoms with E-state index in [-0.39, 0.29) is 17.7 Å². The minimum absolute atomic E-state index is 0.157. The molecule has 0 atom stereocenters. The zero-order chi connectivity index (χ0) is 23.7. The second-order valence-electron chi connectivity index (χ2n) is 8.84. The maximum Gasteiger partial charge on any atom is 0.311 e. The molecule has 0 bridgehead atoms. The van der Waals surface area contributed by atoms with Gasteiger partial charge in [-0.2, -0.15) is 0 Å². The molecule has 1 aromatic rings. The van der Waals surface area contributed by atoms with Crippen LogP contribution in [0.25, 0.3) is 0 Å². The number of hydrogen-bond acceptors (Lipinski definition) is 7. The van der Waals surface area contributed by atoms with Gasteiger partial charge in [-0.1, -0.05) is 6.07 Å². The number of Topliss-reactive ketones (excluding diaryl/α,β-unsaturated/α-hetero) is 1. The van der Waals surface area contributed by atoms with E-state index in [0.717, 1.165) is 0 Å². The van der Waals surface area contributed by atoms with Crippen molar-refractivity contribution >= 4 is 17.7 Å². The van der Waals surface area contributed by atoms with Crippen LogP contribution in [0.15, 0.2) is 18.2 Å². The summed E-state index contributed by atoms with van der Waals surface area (Å²) < 4.78 is 21.3. The summed E-state index contributed by atoms with van der Waals surface area (Å²) in [6.45, 7) is 9.50. The van der Waals surface area contributed by atoms with Gasteiger partial charge in [0.2, 0.25) is 0 Å². The molecule has 0 aliphatic heterocycles. The van der Waals surface area contributed by atoms with Gasteiger partial charge in [0.1, 0.15) is 17.1 Å². The van der Waals surface area contributed by atoms with E-state index in [1.165, 1.54) is 21.1 Å². The summed E-state index contributed by atoms with van der Waals surface area (Å²) in [5, 5.41) is 0. The van der Waals surface area contributed by atoms with Gasteiger partial charge in [0.25, 0.3) is 0 Å². The van der Waals surface area contributed by atoms with Gasteiger partial charge in [-0.15, -0.1) is 0 Å². The summed E-state index contributed by atoms with van der Waals surface area (Å²) in [6.07, 6.45) is 2.46. The number of rotatable bonds is 13. The topological polar surface area (TPSA) is 88.1 Å². The molecular formula is C24H36O7. The highest BCUT2D eigenvalue weighted by atomic mass is 16.5. The van der Waals surface area contributed by atoms with Crippen LogP contribution in [-0.4, -0.2) is 45.2 Å². The second-order valence-corrected chi connectivity index (χ2v) is 8.84. The van der Waals surface area contributed by atoms with Gasteiger partial charge >= 0.3 is 11.9 Å². The van der Waals surface area contributed by atoms with Crippen molar-refractivity contribution in [2.24, 2.45) is 10.8 Å². The summed E-state index contributed by atoms with van der Waals surface area (Å²) in [6, 6.07) is 5.23. The smallest absolute Gasteiger partial charge is 0.311 e. The Morgan fingerprint density at radius 2 is 1.16 bits per heavy atom. The first-order valence-corrected chi connectivity index (χ1v) is 10.5. The summed E-state index contributed by atoms with van der Waals surface area (Å²) in [5.41, 5.74) is -0.795. The van der Waals surface area contributed by atoms with Crippen LogP contribution >= 0.6 is 0 Å². The van der Waals surface area contributed by atoms with E-state index in [2.05, 4.69) is 0 Å². The monoisotopic (exact) mass is 436 g/mol. The molecule has 0 aliphatic rings. The third-order valence-electron chi connectivity index (χ3n) is 5.22. The molecule has 0 radical (unpaired) electrons. The van der Waals surface area contributed by atoms with Gasteiger partial charge in [0, 0.05) is 0 Å². The molecule has 0 saturated carbocycles. The van der Waals surface area contributed by atoms with Crippen molar-refractivity contribution in [1.29, 1.82) is 0 Å². The molecule has 31 heavy (non-hydrogen) atoms. The molecule has 0 spiro atoms. The number of carbonyl (C=O) groups excluding carboxylic acids is 3. The average molecular weight is 437 g/mol. The first-order valence-electron chi connectivity index (χ1n) is 10.5. The van der Waals surface area contributed by atoms with Crippen LogP contribution in [0.3, 0.4) is 0 Å². The molecule has 7 heteroatoms. The molecule has 0 saturated heterocycles. The predicted molar refractivity (Wildman–Crippen MR) is 117 cm³/mol. The fraction of sp³-hybridized carbons (Fsp3) is 0.625. The van der Waals surface area contributed by atoms with E-state index >= 15 is 0 Å². The Bertz CT molecular complexity index is 711. The lowest BCUT2D eigenvalue weighted by molar-refractivity contribution is -0.152. The molecule has 0 aliphatic carbocycles. The van der Waals surface area contributed by atoms with Crippen LogP contribution in [-0.2, 0) is 19.1 Å². The highest BCUT2D eigenvalue weighted by molar-refractivity contribution is 5.99. The normalized spacial score (nSPS) is 11.6. The molecule has 1 rings (SSSR count). The second kappa shape index (κ2) is 11.7. The van der Waals surface area contributed by atoms with Crippen LogP contribution in [0.5, 0.6) is 11.5 Å². The first-order chi connectivity index (χ1) is 14.5. The molecule has 0 aromatic heterocycles. The molecule has 174 valence electrons. The number of carbonyl (C=O) groups is 3. The Labute approximate surface area is 185 Å². The summed E-state index contributed by atoms with van der Waals surface area (Å²) in [4.78, 5) is 35.8. The number of ketones is 1. The Morgan fingerprint density at radius 3 is 1.48 bits per heavy atom. The fourth-order valence-corrected chi connectivity index (χ4v) is 3.25. The quantitative estimate of drug-likeness (QED) is 0.253. The lowest BCUT2D eigenvalue weighted by atomic mass is 9.88. The molecule has 7 nitrogen and oxygen atoms in total. The van der Waals surface area contributed by atoms with Crippen LogP contribution in [0, 0.1) is 10.8 Å². The summed E-state index contributed by atoms with van der Waals surface area (Å²) >= 11 is 0. The number of esters is 2. The lowest BCUT2D eigenvalue weighted by Gasteiger charge is -2.22. The van der Waals surface area contributed by atoms with E-state index < -0.39 is 10.8 Å². The van der Waals surface area contributed by atoms with Crippen molar-refractivity contribution < 1.29 is 33.3 Å². The van der Waals surface area contributed by atoms with Crippen LogP contribution in [0.2, 0.25) is 0 Å². The van der Waals surface area contributed by atoms with E-state index in [9.17, 15) is 14.4 Å². The average Bonchev–Trinajstić information content (AvgIpc) is 2.72. The Balaban J connectivity index is 2.70. The van der Waals surface area contributed by atoms with Crippen LogP contribution < -0.4 is 9.47 Å². The van der Waals surface area contributed by atoms with Crippen molar-refractivity contribution in [3.63, 3.8) is 0 Å². The highest BCUT2D eigenvalue weighted by Gasteiger charge is 2.29. The zero-order valence-electron chi connectivity index (χ0n) is 19.8. The zero-order valence-corrected chi connectivity index (χ0v) is 19.8. The molecule has 0 unspecified atom stereocenters. The van der Waals surface area contributed by atoms with Crippen LogP contribution in [0.1, 0.15) is 70.7 Å². The molecule has 0 heterocycles. The van der Waals surface area contributed by atoms with Gasteiger partial charge in [0.05, 0.1) is 38.3 Å². The molecular weight excluding hydrogens is 400 g/mol. The third kappa shape index (κ3) is 7.89. The summed E-state index contributed by atoms with van der Waals surface area (Å²) in [7, 11) is 2.75. The Hall–Kier alpha value is -2.57. The van der Waals surface area contributed by atoms with Gasteiger partial charge < -0.3 is 18.9 Å². The maximum absolute atomic E-state index is 12.2. The Morgan fingerprint density at radius 1 is 0.774 bits per heavy atom. The minimum atomic E-state index is -0.593. The number of ether oxygens (including phenoxy) is 4. The van der Waals surface area contributed by atoms with E-state index in [1.807, 2.05) is 27.7 Å². The van der Waals surface area contributed by atoms with Crippen molar-refractivity contribution in [2.45, 2.75) is 60.3 Å². The lowest BCUT2D eigenvalue weighted by Crippen LogP contribution is -2.26. The number of hydrogen-bond donors (Lipinski definition) is 0. The SMILES string of the molecule is COC(=O)C(C)(C)CCCOc1cccc(OCCCC(C)(C)C(=O)OC)c1C(C)=O. The van der Waals surface area contributed by atoms with Crippen molar-refractivity contribution in [1.82, 2.24) is 0 Å². The van der Waals surface area contributed by atoms with E-state index in [1.54, 1.807) is 18.2 Å². The minimum Gasteiger partial charge on any atom is -0.493 e. The van der Waals surface area contributed by atoms with E-state index in [4.69, 9.17) is 18.9 Å². The molecule has 0 N–H and O–H groups in total. The summed E-state index contributed by atoms with van der Waals surface area (Å²) in [5.74, 6) is 0.229. The van der Waals surface area contributed by atoms with Gasteiger partial charge in [-0.25, -0.2) is 0 Å². The number of benzene rings is 1. The highest BCUT2D eigenvalue weighted by Crippen LogP contribution is 2.31. The predicted octanol–water partition coefficient (Wildman–Crippen LogP) is 4.61. The van der Waals surface area contributed by atoms with Gasteiger partial charge in [0.15, 0.2) is 5.78 Å². The van der Waals surface area contributed by atoms with Gasteiger partial charge in [-0.3, -0.25) is 14.4 Å². The maximum atomic E-state index is 12.2. The molecule has 0 fully saturated rings. The van der Waals surface area contributed by atoms with Crippen molar-refractivity contribution in [3.8, 4) is 11.5 Å². The fourth-order valence-electron chi connectivity index (χ4n) is 3.25. The van der Waals surface area contributed by atoms with Crippen molar-refractivity contribution in [2.75, 3.05) is 27.4 Å². The Kier molecular flexibility index (Phi) is 10.0. The first kappa shape index (κ1) is 26.5. The third-order valence-corrected chi connectivity index (χ3v) is 5.22. The molecule has 0 amide bonds.